The average molecular weight is 344 g/mol. The molecule has 0 aromatic carbocycles. The van der Waals surface area contributed by atoms with E-state index in [0.29, 0.717) is 24.2 Å². The largest absolute Gasteiger partial charge is 0.507 e. The fourth-order valence-electron chi connectivity index (χ4n) is 2.50. The molecule has 3 rings (SSSR count). The number of hydrogen-bond donors (Lipinski definition) is 1. The summed E-state index contributed by atoms with van der Waals surface area (Å²) in [5.41, 5.74) is -1.26. The van der Waals surface area contributed by atoms with Gasteiger partial charge in [-0.1, -0.05) is 6.07 Å². The lowest BCUT2D eigenvalue weighted by atomic mass is 10.2. The van der Waals surface area contributed by atoms with E-state index in [1.165, 1.54) is 6.07 Å². The first-order valence-corrected chi connectivity index (χ1v) is 6.85. The van der Waals surface area contributed by atoms with Gasteiger partial charge < -0.3 is 9.84 Å². The van der Waals surface area contributed by atoms with Crippen molar-refractivity contribution in [3.8, 4) is 0 Å². The number of fused-ring (bicyclic) bond motifs is 1. The van der Waals surface area contributed by atoms with Crippen LogP contribution in [-0.4, -0.2) is 30.6 Å². The van der Waals surface area contributed by atoms with E-state index in [-0.39, 0.29) is 6.54 Å². The highest BCUT2D eigenvalue weighted by atomic mass is 19.4. The minimum absolute atomic E-state index is 0.0796. The average Bonchev–Trinajstić information content (AvgIpc) is 3.00. The minimum Gasteiger partial charge on any atom is -0.450 e. The summed E-state index contributed by atoms with van der Waals surface area (Å²) in [6.07, 6.45) is -5.28. The van der Waals surface area contributed by atoms with Gasteiger partial charge in [0.25, 0.3) is 0 Å². The molecule has 0 saturated heterocycles. The molecule has 0 amide bonds. The van der Waals surface area contributed by atoms with Crippen molar-refractivity contribution in [1.29, 1.82) is 0 Å². The molecule has 1 aliphatic heterocycles. The molecule has 8 nitrogen and oxygen atoms in total. The van der Waals surface area contributed by atoms with Gasteiger partial charge in [0.1, 0.15) is 11.5 Å². The number of carbonyl (C=O) groups is 1. The van der Waals surface area contributed by atoms with Crippen LogP contribution in [0.25, 0.3) is 0 Å². The molecule has 2 aromatic rings. The van der Waals surface area contributed by atoms with Crippen LogP contribution < -0.4 is 5.69 Å². The summed E-state index contributed by atoms with van der Waals surface area (Å²) in [7, 11) is 0. The number of aryl methyl sites for hydroxylation is 1. The van der Waals surface area contributed by atoms with Crippen molar-refractivity contribution in [3.63, 3.8) is 0 Å². The molecule has 24 heavy (non-hydrogen) atoms. The molecule has 0 radical (unpaired) electrons. The molecule has 11 heteroatoms. The summed E-state index contributed by atoms with van der Waals surface area (Å²) in [6, 6.07) is 2.03. The van der Waals surface area contributed by atoms with E-state index >= 15 is 0 Å². The van der Waals surface area contributed by atoms with E-state index in [1.54, 1.807) is 0 Å². The van der Waals surface area contributed by atoms with Crippen molar-refractivity contribution < 1.29 is 27.8 Å². The third-order valence-corrected chi connectivity index (χ3v) is 3.53. The zero-order valence-corrected chi connectivity index (χ0v) is 12.0. The van der Waals surface area contributed by atoms with E-state index in [9.17, 15) is 22.8 Å². The van der Waals surface area contributed by atoms with E-state index in [1.807, 2.05) is 0 Å². The fourth-order valence-corrected chi connectivity index (χ4v) is 2.50. The molecular weight excluding hydrogens is 333 g/mol. The Morgan fingerprint density at radius 3 is 2.75 bits per heavy atom. The third kappa shape index (κ3) is 2.96. The van der Waals surface area contributed by atoms with Gasteiger partial charge >= 0.3 is 18.0 Å². The Hall–Kier alpha value is -2.85. The second-order valence-corrected chi connectivity index (χ2v) is 5.15. The maximum Gasteiger partial charge on any atom is 0.507 e. The molecule has 128 valence electrons. The van der Waals surface area contributed by atoms with E-state index in [2.05, 4.69) is 14.8 Å². The normalized spacial score (nSPS) is 16.9. The van der Waals surface area contributed by atoms with Crippen LogP contribution in [0.3, 0.4) is 0 Å². The number of ether oxygens (including phenoxy) is 1. The fraction of sp³-hybridized carbons (Fsp3) is 0.385. The predicted octanol–water partition coefficient (Wildman–Crippen LogP) is 1.65. The Labute approximate surface area is 132 Å². The quantitative estimate of drug-likeness (QED) is 0.850. The maximum atomic E-state index is 12.5. The summed E-state index contributed by atoms with van der Waals surface area (Å²) in [6.45, 7) is -0.0796. The molecule has 0 bridgehead atoms. The second-order valence-electron chi connectivity index (χ2n) is 5.15. The van der Waals surface area contributed by atoms with Crippen LogP contribution in [0.4, 0.5) is 18.0 Å². The molecule has 0 saturated carbocycles. The topological polar surface area (TPSA) is 99.2 Å². The molecule has 3 heterocycles. The predicted molar refractivity (Wildman–Crippen MR) is 71.3 cm³/mol. The van der Waals surface area contributed by atoms with Gasteiger partial charge in [0.05, 0.1) is 6.54 Å². The Bertz CT molecular complexity index is 825. The van der Waals surface area contributed by atoms with Gasteiger partial charge in [-0.15, -0.1) is 0 Å². The second kappa shape index (κ2) is 5.65. The van der Waals surface area contributed by atoms with Gasteiger partial charge in [0.2, 0.25) is 0 Å². The molecular formula is C13H11F3N4O4. The molecule has 0 fully saturated rings. The van der Waals surface area contributed by atoms with E-state index < -0.39 is 29.9 Å². The van der Waals surface area contributed by atoms with Crippen molar-refractivity contribution >= 4 is 6.16 Å². The van der Waals surface area contributed by atoms with Crippen molar-refractivity contribution in [2.45, 2.75) is 31.8 Å². The van der Waals surface area contributed by atoms with Crippen molar-refractivity contribution in [2.24, 2.45) is 0 Å². The van der Waals surface area contributed by atoms with E-state index in [0.717, 1.165) is 21.5 Å². The van der Waals surface area contributed by atoms with Crippen LogP contribution in [-0.2, 0) is 23.9 Å². The van der Waals surface area contributed by atoms with Gasteiger partial charge in [-0.25, -0.2) is 18.8 Å². The molecule has 1 N–H and O–H groups in total. The molecule has 2 aromatic heterocycles. The highest BCUT2D eigenvalue weighted by Crippen LogP contribution is 2.27. The van der Waals surface area contributed by atoms with Crippen LogP contribution in [0.5, 0.6) is 0 Å². The van der Waals surface area contributed by atoms with Gasteiger partial charge in [-0.2, -0.15) is 18.3 Å². The first-order chi connectivity index (χ1) is 11.3. The zero-order valence-electron chi connectivity index (χ0n) is 12.0. The number of nitrogens with zero attached hydrogens (tertiary/aromatic N) is 4. The van der Waals surface area contributed by atoms with Crippen LogP contribution in [0, 0.1) is 0 Å². The Morgan fingerprint density at radius 2 is 2.17 bits per heavy atom. The summed E-state index contributed by atoms with van der Waals surface area (Å²) in [4.78, 5) is 26.2. The lowest BCUT2D eigenvalue weighted by Crippen LogP contribution is -2.29. The van der Waals surface area contributed by atoms with E-state index in [4.69, 9.17) is 5.11 Å². The maximum absolute atomic E-state index is 12.5. The third-order valence-electron chi connectivity index (χ3n) is 3.53. The first-order valence-electron chi connectivity index (χ1n) is 6.85. The molecule has 0 spiro atoms. The monoisotopic (exact) mass is 344 g/mol. The molecule has 1 atom stereocenters. The number of carboxylic acid groups (broad SMARTS) is 1. The van der Waals surface area contributed by atoms with Crippen molar-refractivity contribution in [1.82, 2.24) is 19.3 Å². The SMILES string of the molecule is O=C(O)O[C@H]1CCc2nn(Cc3ccc(C(F)(F)F)nc3)c(=O)n21. The van der Waals surface area contributed by atoms with Crippen molar-refractivity contribution in [3.05, 3.63) is 45.9 Å². The summed E-state index contributed by atoms with van der Waals surface area (Å²) >= 11 is 0. The molecule has 0 unspecified atom stereocenters. The van der Waals surface area contributed by atoms with Gasteiger partial charge in [-0.05, 0) is 11.6 Å². The van der Waals surface area contributed by atoms with Crippen LogP contribution in [0.15, 0.2) is 23.1 Å². The summed E-state index contributed by atoms with van der Waals surface area (Å²) < 4.78 is 44.2. The van der Waals surface area contributed by atoms with Crippen LogP contribution in [0.2, 0.25) is 0 Å². The summed E-state index contributed by atoms with van der Waals surface area (Å²) in [5.74, 6) is 0.367. The Balaban J connectivity index is 1.82. The number of rotatable bonds is 3. The number of halogens is 3. The smallest absolute Gasteiger partial charge is 0.450 e. The van der Waals surface area contributed by atoms with Gasteiger partial charge in [-0.3, -0.25) is 4.98 Å². The number of alkyl halides is 3. The molecule has 1 aliphatic rings. The van der Waals surface area contributed by atoms with Crippen LogP contribution >= 0.6 is 0 Å². The first kappa shape index (κ1) is 16.0. The lowest BCUT2D eigenvalue weighted by molar-refractivity contribution is -0.141. The number of aromatic nitrogens is 4. The van der Waals surface area contributed by atoms with Crippen LogP contribution in [0.1, 0.15) is 29.7 Å². The number of hydrogen-bond acceptors (Lipinski definition) is 5. The minimum atomic E-state index is -4.54. The summed E-state index contributed by atoms with van der Waals surface area (Å²) in [5, 5.41) is 12.7. The zero-order chi connectivity index (χ0) is 17.5. The van der Waals surface area contributed by atoms with Gasteiger partial charge in [0, 0.05) is 19.0 Å². The Kier molecular flexibility index (Phi) is 3.78. The standard InChI is InChI=1S/C13H11F3N4O4/c14-13(15,16)8-2-1-7(5-17-8)6-19-11(21)20-9(18-19)3-4-10(20)24-12(22)23/h1-2,5,10H,3-4,6H2,(H,22,23)/t10-/m0/s1. The van der Waals surface area contributed by atoms with Gasteiger partial charge in [0.15, 0.2) is 6.23 Å². The highest BCUT2D eigenvalue weighted by Gasteiger charge is 2.32. The molecule has 0 aliphatic carbocycles. The highest BCUT2D eigenvalue weighted by molar-refractivity contribution is 5.56. The number of pyridine rings is 1. The lowest BCUT2D eigenvalue weighted by Gasteiger charge is -2.10. The Morgan fingerprint density at radius 1 is 1.42 bits per heavy atom. The van der Waals surface area contributed by atoms with Crippen molar-refractivity contribution in [2.75, 3.05) is 0 Å².